The number of aromatic nitrogens is 3. The molecule has 6 nitrogen and oxygen atoms in total. The van der Waals surface area contributed by atoms with Crippen LogP contribution in [0.3, 0.4) is 0 Å². The Morgan fingerprint density at radius 1 is 1.53 bits per heavy atom. The van der Waals surface area contributed by atoms with Gasteiger partial charge in [-0.1, -0.05) is 13.8 Å². The minimum atomic E-state index is -0.489. The second kappa shape index (κ2) is 4.73. The molecule has 0 amide bonds. The lowest BCUT2D eigenvalue weighted by Crippen LogP contribution is -2.31. The molecule has 1 aromatic heterocycles. The lowest BCUT2D eigenvalue weighted by atomic mass is 10.0. The number of esters is 1. The second-order valence-electron chi connectivity index (χ2n) is 4.24. The molecule has 0 spiro atoms. The predicted octanol–water partition coefficient (Wildman–Crippen LogP) is 1.61. The van der Waals surface area contributed by atoms with E-state index in [2.05, 4.69) is 34.0 Å². The average molecular weight is 238 g/mol. The Morgan fingerprint density at radius 2 is 2.29 bits per heavy atom. The molecule has 6 heteroatoms. The summed E-state index contributed by atoms with van der Waals surface area (Å²) >= 11 is 0. The van der Waals surface area contributed by atoms with E-state index < -0.39 is 5.97 Å². The number of hydrogen-bond acceptors (Lipinski definition) is 5. The predicted molar refractivity (Wildman–Crippen MR) is 63.0 cm³/mol. The topological polar surface area (TPSA) is 69.0 Å². The van der Waals surface area contributed by atoms with E-state index in [-0.39, 0.29) is 5.82 Å². The molecule has 2 heterocycles. The summed E-state index contributed by atoms with van der Waals surface area (Å²) < 4.78 is 6.43. The van der Waals surface area contributed by atoms with Gasteiger partial charge in [-0.25, -0.2) is 9.48 Å². The van der Waals surface area contributed by atoms with Gasteiger partial charge in [-0.05, 0) is 19.3 Å². The van der Waals surface area contributed by atoms with Gasteiger partial charge in [0.05, 0.1) is 13.2 Å². The number of fused-ring (bicyclic) bond motifs is 1. The van der Waals surface area contributed by atoms with Gasteiger partial charge in [0.25, 0.3) is 5.82 Å². The van der Waals surface area contributed by atoms with Crippen molar-refractivity contribution < 1.29 is 9.53 Å². The van der Waals surface area contributed by atoms with Crippen molar-refractivity contribution in [1.82, 2.24) is 14.8 Å². The molecule has 2 atom stereocenters. The van der Waals surface area contributed by atoms with Crippen molar-refractivity contribution in [2.45, 2.75) is 45.2 Å². The summed E-state index contributed by atoms with van der Waals surface area (Å²) in [6, 6.07) is 0.712. The van der Waals surface area contributed by atoms with Crippen LogP contribution in [0.25, 0.3) is 0 Å². The highest BCUT2D eigenvalue weighted by atomic mass is 16.5. The fraction of sp³-hybridized carbons (Fsp3) is 0.727. The normalized spacial score (nSPS) is 22.8. The number of hydrogen-bond donors (Lipinski definition) is 1. The van der Waals surface area contributed by atoms with Crippen LogP contribution in [-0.2, 0) is 4.74 Å². The third kappa shape index (κ3) is 2.11. The van der Waals surface area contributed by atoms with Crippen molar-refractivity contribution in [3.8, 4) is 0 Å². The first-order valence-corrected chi connectivity index (χ1v) is 6.01. The number of methoxy groups -OCH3 is 1. The lowest BCUT2D eigenvalue weighted by Gasteiger charge is -2.29. The first kappa shape index (κ1) is 11.9. The number of anilines is 1. The molecule has 0 aromatic carbocycles. The molecule has 94 valence electrons. The maximum Gasteiger partial charge on any atom is 0.378 e. The van der Waals surface area contributed by atoms with Crippen LogP contribution in [-0.4, -0.2) is 33.9 Å². The maximum atomic E-state index is 11.4. The largest absolute Gasteiger partial charge is 0.463 e. The Labute approximate surface area is 100 Å². The summed E-state index contributed by atoms with van der Waals surface area (Å²) in [4.78, 5) is 15.6. The zero-order chi connectivity index (χ0) is 12.4. The molecular formula is C11H18N4O2. The molecule has 17 heavy (non-hydrogen) atoms. The van der Waals surface area contributed by atoms with Gasteiger partial charge in [-0.2, -0.15) is 4.98 Å². The number of carbonyl (C=O) groups excluding carboxylic acids is 1. The van der Waals surface area contributed by atoms with Crippen LogP contribution in [0.2, 0.25) is 0 Å². The third-order valence-corrected chi connectivity index (χ3v) is 3.20. The lowest BCUT2D eigenvalue weighted by molar-refractivity contribution is 0.0586. The highest BCUT2D eigenvalue weighted by Gasteiger charge is 2.28. The van der Waals surface area contributed by atoms with Crippen molar-refractivity contribution in [3.05, 3.63) is 5.82 Å². The van der Waals surface area contributed by atoms with E-state index in [1.807, 2.05) is 0 Å². The molecule has 1 aliphatic rings. The van der Waals surface area contributed by atoms with Gasteiger partial charge >= 0.3 is 5.97 Å². The molecule has 1 aromatic rings. The summed E-state index contributed by atoms with van der Waals surface area (Å²) in [5, 5.41) is 7.50. The van der Waals surface area contributed by atoms with E-state index in [1.165, 1.54) is 7.11 Å². The monoisotopic (exact) mass is 238 g/mol. The van der Waals surface area contributed by atoms with E-state index >= 15 is 0 Å². The van der Waals surface area contributed by atoms with Crippen LogP contribution in [0.1, 0.15) is 49.8 Å². The zero-order valence-electron chi connectivity index (χ0n) is 10.4. The van der Waals surface area contributed by atoms with Gasteiger partial charge in [0.15, 0.2) is 0 Å². The standard InChI is InChI=1S/C11H18N4O2/c1-4-7-6-8(5-2)15-11(12-7)13-9(14-15)10(16)17-3/h7-8H,4-6H2,1-3H3,(H,12,13,14). The summed E-state index contributed by atoms with van der Waals surface area (Å²) in [6.45, 7) is 4.25. The number of carbonyl (C=O) groups is 1. The maximum absolute atomic E-state index is 11.4. The summed E-state index contributed by atoms with van der Waals surface area (Å²) in [5.74, 6) is 0.317. The molecule has 1 aliphatic heterocycles. The number of nitrogens with zero attached hydrogens (tertiary/aromatic N) is 3. The summed E-state index contributed by atoms with van der Waals surface area (Å²) in [6.07, 6.45) is 3.04. The molecular weight excluding hydrogens is 220 g/mol. The Bertz CT molecular complexity index is 416. The number of nitrogens with one attached hydrogen (secondary N) is 1. The molecule has 0 saturated heterocycles. The van der Waals surface area contributed by atoms with Gasteiger partial charge in [0, 0.05) is 6.04 Å². The second-order valence-corrected chi connectivity index (χ2v) is 4.24. The third-order valence-electron chi connectivity index (χ3n) is 3.20. The van der Waals surface area contributed by atoms with Crippen molar-refractivity contribution in [3.63, 3.8) is 0 Å². The van der Waals surface area contributed by atoms with Crippen LogP contribution >= 0.6 is 0 Å². The van der Waals surface area contributed by atoms with Crippen molar-refractivity contribution >= 4 is 11.9 Å². The average Bonchev–Trinajstić information content (AvgIpc) is 2.80. The van der Waals surface area contributed by atoms with E-state index in [0.717, 1.165) is 19.3 Å². The first-order valence-electron chi connectivity index (χ1n) is 6.01. The molecule has 0 radical (unpaired) electrons. The van der Waals surface area contributed by atoms with Crippen molar-refractivity contribution in [2.75, 3.05) is 12.4 Å². The first-order chi connectivity index (χ1) is 8.19. The quantitative estimate of drug-likeness (QED) is 0.810. The van der Waals surface area contributed by atoms with Crippen molar-refractivity contribution in [1.29, 1.82) is 0 Å². The van der Waals surface area contributed by atoms with Crippen LogP contribution in [0.4, 0.5) is 5.95 Å². The Hall–Kier alpha value is -1.59. The van der Waals surface area contributed by atoms with Gasteiger partial charge in [0.2, 0.25) is 5.95 Å². The Balaban J connectivity index is 2.31. The zero-order valence-corrected chi connectivity index (χ0v) is 10.4. The van der Waals surface area contributed by atoms with E-state index in [1.54, 1.807) is 4.68 Å². The highest BCUT2D eigenvalue weighted by Crippen LogP contribution is 2.28. The molecule has 0 saturated carbocycles. The van der Waals surface area contributed by atoms with Gasteiger partial charge in [-0.15, -0.1) is 5.10 Å². The van der Waals surface area contributed by atoms with Gasteiger partial charge in [-0.3, -0.25) is 0 Å². The fourth-order valence-corrected chi connectivity index (χ4v) is 2.13. The Morgan fingerprint density at radius 3 is 2.88 bits per heavy atom. The molecule has 2 rings (SSSR count). The summed E-state index contributed by atoms with van der Waals surface area (Å²) in [7, 11) is 1.34. The Kier molecular flexibility index (Phi) is 3.31. The van der Waals surface area contributed by atoms with Gasteiger partial charge < -0.3 is 10.1 Å². The number of ether oxygens (including phenoxy) is 1. The summed E-state index contributed by atoms with van der Waals surface area (Å²) in [5.41, 5.74) is 0. The van der Waals surface area contributed by atoms with Crippen molar-refractivity contribution in [2.24, 2.45) is 0 Å². The molecule has 0 aliphatic carbocycles. The fourth-order valence-electron chi connectivity index (χ4n) is 2.13. The molecule has 0 fully saturated rings. The minimum absolute atomic E-state index is 0.130. The van der Waals surface area contributed by atoms with Crippen LogP contribution in [0, 0.1) is 0 Å². The van der Waals surface area contributed by atoms with E-state index in [9.17, 15) is 4.79 Å². The highest BCUT2D eigenvalue weighted by molar-refractivity contribution is 5.85. The SMILES string of the molecule is CCC1CC(CC)n2nc(C(=O)OC)nc2N1. The van der Waals surface area contributed by atoms with Gasteiger partial charge in [0.1, 0.15) is 0 Å². The smallest absolute Gasteiger partial charge is 0.378 e. The van der Waals surface area contributed by atoms with Crippen LogP contribution < -0.4 is 5.32 Å². The molecule has 1 N–H and O–H groups in total. The molecule has 2 unspecified atom stereocenters. The molecule has 0 bridgehead atoms. The van der Waals surface area contributed by atoms with E-state index in [0.29, 0.717) is 18.0 Å². The van der Waals surface area contributed by atoms with Crippen LogP contribution in [0.5, 0.6) is 0 Å². The number of rotatable bonds is 3. The van der Waals surface area contributed by atoms with Crippen LogP contribution in [0.15, 0.2) is 0 Å². The van der Waals surface area contributed by atoms with E-state index in [4.69, 9.17) is 0 Å². The minimum Gasteiger partial charge on any atom is -0.463 e.